The van der Waals surface area contributed by atoms with Crippen molar-refractivity contribution in [2.45, 2.75) is 18.0 Å². The second kappa shape index (κ2) is 12.9. The summed E-state index contributed by atoms with van der Waals surface area (Å²) in [5.74, 6) is -1.26. The minimum atomic E-state index is -3.89. The van der Waals surface area contributed by atoms with Crippen LogP contribution in [0, 0.1) is 0 Å². The van der Waals surface area contributed by atoms with Crippen molar-refractivity contribution in [3.63, 3.8) is 0 Å². The number of hydrogen-bond acceptors (Lipinski definition) is 6. The lowest BCUT2D eigenvalue weighted by molar-refractivity contribution is -0.136. The first-order chi connectivity index (χ1) is 18.7. The molecule has 0 saturated heterocycles. The lowest BCUT2D eigenvalue weighted by Gasteiger charge is -2.21. The van der Waals surface area contributed by atoms with Crippen molar-refractivity contribution in [1.29, 1.82) is 0 Å². The monoisotopic (exact) mass is 628 g/mol. The molecule has 4 rings (SSSR count). The van der Waals surface area contributed by atoms with Crippen molar-refractivity contribution in [3.8, 4) is 0 Å². The Balaban J connectivity index is 1.43. The highest BCUT2D eigenvalue weighted by Gasteiger charge is 2.26. The maximum atomic E-state index is 13.4. The Morgan fingerprint density at radius 1 is 0.923 bits per heavy atom. The molecule has 0 spiro atoms. The van der Waals surface area contributed by atoms with Gasteiger partial charge in [-0.05, 0) is 60.2 Å². The molecule has 39 heavy (non-hydrogen) atoms. The van der Waals surface area contributed by atoms with Gasteiger partial charge in [-0.1, -0.05) is 63.9 Å². The summed E-state index contributed by atoms with van der Waals surface area (Å²) >= 11 is 9.23. The van der Waals surface area contributed by atoms with Crippen molar-refractivity contribution in [3.05, 3.63) is 118 Å². The van der Waals surface area contributed by atoms with E-state index in [-0.39, 0.29) is 23.7 Å². The zero-order valence-corrected chi connectivity index (χ0v) is 23.4. The van der Waals surface area contributed by atoms with E-state index in [1.807, 2.05) is 30.3 Å². The van der Waals surface area contributed by atoms with Crippen LogP contribution in [-0.4, -0.2) is 30.8 Å². The first kappa shape index (κ1) is 28.2. The van der Waals surface area contributed by atoms with Crippen LogP contribution in [0.4, 0.5) is 5.69 Å². The van der Waals surface area contributed by atoms with Crippen LogP contribution in [0.3, 0.4) is 0 Å². The molecule has 0 bridgehead atoms. The first-order valence-electron chi connectivity index (χ1n) is 11.5. The average molecular weight is 630 g/mol. The lowest BCUT2D eigenvalue weighted by atomic mass is 10.2. The van der Waals surface area contributed by atoms with Crippen molar-refractivity contribution in [1.82, 2.24) is 9.73 Å². The van der Waals surface area contributed by atoms with Gasteiger partial charge in [0.05, 0.1) is 17.7 Å². The quantitative estimate of drug-likeness (QED) is 0.150. The molecular weight excluding hydrogens is 608 g/mol. The fourth-order valence-electron chi connectivity index (χ4n) is 3.45. The molecule has 1 heterocycles. The van der Waals surface area contributed by atoms with Gasteiger partial charge in [0.2, 0.25) is 10.0 Å². The molecule has 3 aromatic carbocycles. The largest absolute Gasteiger partial charge is 0.459 e. The Labute approximate surface area is 238 Å². The van der Waals surface area contributed by atoms with Gasteiger partial charge < -0.3 is 9.73 Å². The summed E-state index contributed by atoms with van der Waals surface area (Å²) in [5, 5.41) is 6.64. The van der Waals surface area contributed by atoms with E-state index < -0.39 is 21.8 Å². The molecule has 0 saturated carbocycles. The van der Waals surface area contributed by atoms with E-state index >= 15 is 0 Å². The van der Waals surface area contributed by atoms with Crippen LogP contribution in [0.15, 0.2) is 110 Å². The highest BCUT2D eigenvalue weighted by molar-refractivity contribution is 9.10. The van der Waals surface area contributed by atoms with E-state index in [1.54, 1.807) is 36.4 Å². The lowest BCUT2D eigenvalue weighted by Crippen LogP contribution is -2.32. The maximum Gasteiger partial charge on any atom is 0.329 e. The van der Waals surface area contributed by atoms with Crippen LogP contribution in [0.1, 0.15) is 17.1 Å². The Hall–Kier alpha value is -3.77. The van der Waals surface area contributed by atoms with Crippen molar-refractivity contribution in [2.24, 2.45) is 5.10 Å². The fourth-order valence-corrected chi connectivity index (χ4v) is 5.37. The van der Waals surface area contributed by atoms with E-state index in [0.717, 1.165) is 10.0 Å². The summed E-state index contributed by atoms with van der Waals surface area (Å²) in [6.07, 6.45) is 1.21. The summed E-state index contributed by atoms with van der Waals surface area (Å²) in [6, 6.07) is 25.1. The molecule has 0 aliphatic rings. The second-order valence-corrected chi connectivity index (χ2v) is 11.5. The molecule has 0 unspecified atom stereocenters. The van der Waals surface area contributed by atoms with Gasteiger partial charge in [0.25, 0.3) is 0 Å². The molecule has 2 amide bonds. The predicted molar refractivity (Wildman–Crippen MR) is 152 cm³/mol. The second-order valence-electron chi connectivity index (χ2n) is 8.18. The topological polar surface area (TPSA) is 121 Å². The summed E-state index contributed by atoms with van der Waals surface area (Å²) in [6.45, 7) is 0.0498. The smallest absolute Gasteiger partial charge is 0.329 e. The van der Waals surface area contributed by atoms with Crippen LogP contribution < -0.4 is 10.7 Å². The van der Waals surface area contributed by atoms with Crippen LogP contribution in [0.25, 0.3) is 0 Å². The number of sulfonamides is 1. The first-order valence-corrected chi connectivity index (χ1v) is 14.1. The van der Waals surface area contributed by atoms with Gasteiger partial charge in [-0.2, -0.15) is 9.41 Å². The third-order valence-corrected chi connectivity index (χ3v) is 7.87. The van der Waals surface area contributed by atoms with Crippen LogP contribution in [0.5, 0.6) is 0 Å². The standard InChI is InChI=1S/C27H22BrClN4O5S/c28-20-7-4-8-22(15-20)31-26(34)27(35)32-30-16-23-11-12-24(38-23)18-33(17-19-5-2-1-3-6-19)39(36,37)25-13-9-21(29)10-14-25/h1-16H,17-18H2,(H,31,34)(H,32,35)/b30-16+. The number of hydrogen-bond donors (Lipinski definition) is 2. The summed E-state index contributed by atoms with van der Waals surface area (Å²) in [5.41, 5.74) is 3.37. The highest BCUT2D eigenvalue weighted by Crippen LogP contribution is 2.23. The number of halogens is 2. The van der Waals surface area contributed by atoms with E-state index in [2.05, 4.69) is 31.8 Å². The molecule has 0 radical (unpaired) electrons. The third kappa shape index (κ3) is 7.87. The number of nitrogens with one attached hydrogen (secondary N) is 2. The number of carbonyl (C=O) groups excluding carboxylic acids is 2. The molecular formula is C27H22BrClN4O5S. The van der Waals surface area contributed by atoms with Gasteiger partial charge in [-0.25, -0.2) is 13.8 Å². The zero-order valence-electron chi connectivity index (χ0n) is 20.3. The van der Waals surface area contributed by atoms with E-state index in [4.69, 9.17) is 16.0 Å². The normalized spacial score (nSPS) is 11.6. The number of furan rings is 1. The van der Waals surface area contributed by atoms with E-state index in [9.17, 15) is 18.0 Å². The zero-order chi connectivity index (χ0) is 27.8. The van der Waals surface area contributed by atoms with E-state index in [1.165, 1.54) is 34.8 Å². The number of nitrogens with zero attached hydrogens (tertiary/aromatic N) is 2. The SMILES string of the molecule is O=C(N/N=C/c1ccc(CN(Cc2ccccc2)S(=O)(=O)c2ccc(Cl)cc2)o1)C(=O)Nc1cccc(Br)c1. The predicted octanol–water partition coefficient (Wildman–Crippen LogP) is 5.18. The van der Waals surface area contributed by atoms with Crippen molar-refractivity contribution in [2.75, 3.05) is 5.32 Å². The molecule has 1 aromatic heterocycles. The Morgan fingerprint density at radius 3 is 2.38 bits per heavy atom. The summed E-state index contributed by atoms with van der Waals surface area (Å²) in [4.78, 5) is 24.2. The molecule has 0 aliphatic heterocycles. The maximum absolute atomic E-state index is 13.4. The van der Waals surface area contributed by atoms with Crippen LogP contribution in [-0.2, 0) is 32.7 Å². The van der Waals surface area contributed by atoms with Crippen LogP contribution in [0.2, 0.25) is 5.02 Å². The molecule has 200 valence electrons. The number of hydrazone groups is 1. The van der Waals surface area contributed by atoms with Gasteiger partial charge in [0, 0.05) is 21.7 Å². The van der Waals surface area contributed by atoms with Crippen molar-refractivity contribution < 1.29 is 22.4 Å². The molecule has 0 aliphatic carbocycles. The molecule has 9 nitrogen and oxygen atoms in total. The number of carbonyl (C=O) groups is 2. The van der Waals surface area contributed by atoms with Gasteiger partial charge in [0.15, 0.2) is 0 Å². The minimum absolute atomic E-state index is 0.0604. The van der Waals surface area contributed by atoms with Gasteiger partial charge in [-0.15, -0.1) is 0 Å². The van der Waals surface area contributed by atoms with Crippen LogP contribution >= 0.6 is 27.5 Å². The number of amides is 2. The number of rotatable bonds is 9. The van der Waals surface area contributed by atoms with Gasteiger partial charge in [-0.3, -0.25) is 9.59 Å². The molecule has 4 aromatic rings. The third-order valence-electron chi connectivity index (χ3n) is 5.31. The summed E-state index contributed by atoms with van der Waals surface area (Å²) < 4.78 is 34.6. The summed E-state index contributed by atoms with van der Waals surface area (Å²) in [7, 11) is -3.89. The van der Waals surface area contributed by atoms with Gasteiger partial charge in [0.1, 0.15) is 11.5 Å². The Morgan fingerprint density at radius 2 is 1.67 bits per heavy atom. The van der Waals surface area contributed by atoms with Crippen molar-refractivity contribution >= 4 is 61.3 Å². The number of anilines is 1. The fraction of sp³-hybridized carbons (Fsp3) is 0.0741. The molecule has 0 fully saturated rings. The highest BCUT2D eigenvalue weighted by atomic mass is 79.9. The Bertz CT molecular complexity index is 1590. The average Bonchev–Trinajstić information content (AvgIpc) is 3.36. The molecule has 2 N–H and O–H groups in total. The number of benzene rings is 3. The molecule has 12 heteroatoms. The van der Waals surface area contributed by atoms with Gasteiger partial charge >= 0.3 is 11.8 Å². The Kier molecular flexibility index (Phi) is 9.31. The molecule has 0 atom stereocenters. The van der Waals surface area contributed by atoms with E-state index in [0.29, 0.717) is 16.5 Å². The minimum Gasteiger partial charge on any atom is -0.459 e.